The molecule has 1 aliphatic heterocycles. The molecule has 1 aliphatic rings. The van der Waals surface area contributed by atoms with Gasteiger partial charge in [-0.25, -0.2) is 0 Å². The lowest BCUT2D eigenvalue weighted by atomic mass is 9.98. The van der Waals surface area contributed by atoms with Crippen LogP contribution in [0.4, 0.5) is 0 Å². The lowest BCUT2D eigenvalue weighted by Gasteiger charge is -2.37. The first kappa shape index (κ1) is 16.5. The normalized spacial score (nSPS) is 14.8. The molecular weight excluding hydrogens is 306 g/mol. The molecule has 0 unspecified atom stereocenters. The first-order chi connectivity index (χ1) is 11.6. The maximum atomic E-state index is 12.0. The van der Waals surface area contributed by atoms with Crippen LogP contribution in [-0.4, -0.2) is 41.1 Å². The predicted molar refractivity (Wildman–Crippen MR) is 88.9 cm³/mol. The number of carbonyl (C=O) groups excluding carboxylic acids is 1. The van der Waals surface area contributed by atoms with Crippen molar-refractivity contribution in [3.8, 4) is 5.75 Å². The summed E-state index contributed by atoms with van der Waals surface area (Å²) in [6, 6.07) is 7.80. The van der Waals surface area contributed by atoms with Gasteiger partial charge in [0, 0.05) is 31.5 Å². The average molecular weight is 329 g/mol. The lowest BCUT2D eigenvalue weighted by Crippen LogP contribution is -2.48. The van der Waals surface area contributed by atoms with E-state index in [1.807, 2.05) is 29.2 Å². The number of rotatable bonds is 6. The molecule has 128 valence electrons. The number of ether oxygens (including phenoxy) is 1. The highest BCUT2D eigenvalue weighted by molar-refractivity contribution is 5.77. The van der Waals surface area contributed by atoms with Crippen molar-refractivity contribution < 1.29 is 14.1 Å². The molecule has 0 atom stereocenters. The van der Waals surface area contributed by atoms with Gasteiger partial charge in [-0.05, 0) is 12.0 Å². The van der Waals surface area contributed by atoms with E-state index in [2.05, 4.69) is 24.0 Å². The maximum Gasteiger partial charge on any atom is 0.233 e. The Labute approximate surface area is 141 Å². The highest BCUT2D eigenvalue weighted by Gasteiger charge is 2.35. The minimum absolute atomic E-state index is 0.153. The van der Waals surface area contributed by atoms with Crippen LogP contribution < -0.4 is 4.74 Å². The van der Waals surface area contributed by atoms with E-state index in [1.54, 1.807) is 7.11 Å². The third-order valence-electron chi connectivity index (χ3n) is 4.19. The minimum atomic E-state index is 0.153. The van der Waals surface area contributed by atoms with Crippen LogP contribution >= 0.6 is 0 Å². The van der Waals surface area contributed by atoms with E-state index in [1.165, 1.54) is 0 Å². The van der Waals surface area contributed by atoms with Crippen molar-refractivity contribution in [1.82, 2.24) is 15.0 Å². The van der Waals surface area contributed by atoms with Crippen molar-refractivity contribution in [2.75, 3.05) is 20.2 Å². The summed E-state index contributed by atoms with van der Waals surface area (Å²) in [7, 11) is 1.65. The molecule has 6 nitrogen and oxygen atoms in total. The van der Waals surface area contributed by atoms with Crippen molar-refractivity contribution in [2.45, 2.75) is 32.6 Å². The number of methoxy groups -OCH3 is 1. The summed E-state index contributed by atoms with van der Waals surface area (Å²) in [5.74, 6) is 2.82. The molecule has 3 rings (SSSR count). The Morgan fingerprint density at radius 2 is 2.12 bits per heavy atom. The van der Waals surface area contributed by atoms with E-state index < -0.39 is 0 Å². The third kappa shape index (κ3) is 3.58. The monoisotopic (exact) mass is 329 g/mol. The number of para-hydroxylation sites is 1. The fourth-order valence-electron chi connectivity index (χ4n) is 2.84. The van der Waals surface area contributed by atoms with E-state index >= 15 is 0 Å². The maximum absolute atomic E-state index is 12.0. The minimum Gasteiger partial charge on any atom is -0.496 e. The summed E-state index contributed by atoms with van der Waals surface area (Å²) >= 11 is 0. The molecule has 6 heteroatoms. The van der Waals surface area contributed by atoms with Gasteiger partial charge in [-0.3, -0.25) is 4.79 Å². The number of hydrogen-bond donors (Lipinski definition) is 0. The molecule has 0 bridgehead atoms. The molecule has 0 spiro atoms. The van der Waals surface area contributed by atoms with Crippen molar-refractivity contribution in [2.24, 2.45) is 5.92 Å². The molecule has 1 aromatic carbocycles. The fourth-order valence-corrected chi connectivity index (χ4v) is 2.84. The molecule has 2 aromatic rings. The number of aromatic nitrogens is 2. The summed E-state index contributed by atoms with van der Waals surface area (Å²) in [5, 5.41) is 4.06. The van der Waals surface area contributed by atoms with Crippen LogP contribution in [0.1, 0.15) is 43.5 Å². The van der Waals surface area contributed by atoms with Crippen LogP contribution in [0.3, 0.4) is 0 Å². The van der Waals surface area contributed by atoms with Crippen molar-refractivity contribution >= 4 is 5.91 Å². The van der Waals surface area contributed by atoms with Gasteiger partial charge in [-0.1, -0.05) is 37.2 Å². The second kappa shape index (κ2) is 7.03. The molecule has 1 aromatic heterocycles. The van der Waals surface area contributed by atoms with E-state index in [-0.39, 0.29) is 11.8 Å². The van der Waals surface area contributed by atoms with Gasteiger partial charge in [0.2, 0.25) is 11.8 Å². The van der Waals surface area contributed by atoms with Crippen LogP contribution in [0.15, 0.2) is 28.8 Å². The Morgan fingerprint density at radius 3 is 2.83 bits per heavy atom. The average Bonchev–Trinajstić information content (AvgIpc) is 2.93. The van der Waals surface area contributed by atoms with Gasteiger partial charge < -0.3 is 14.2 Å². The molecule has 1 fully saturated rings. The summed E-state index contributed by atoms with van der Waals surface area (Å²) in [4.78, 5) is 18.3. The number of likely N-dealkylation sites (tertiary alicyclic amines) is 1. The second-order valence-corrected chi connectivity index (χ2v) is 6.63. The standard InChI is InChI=1S/C18H23N3O3/c1-12(2)8-17(22)21-10-14(11-21)18-19-16(20-24-18)9-13-6-4-5-7-15(13)23-3/h4-7,12,14H,8-11H2,1-3H3. The molecular formula is C18H23N3O3. The van der Waals surface area contributed by atoms with Gasteiger partial charge in [-0.2, -0.15) is 4.98 Å². The highest BCUT2D eigenvalue weighted by atomic mass is 16.5. The zero-order valence-corrected chi connectivity index (χ0v) is 14.4. The third-order valence-corrected chi connectivity index (χ3v) is 4.19. The summed E-state index contributed by atoms with van der Waals surface area (Å²) in [6.07, 6.45) is 1.16. The molecule has 1 amide bonds. The molecule has 24 heavy (non-hydrogen) atoms. The topological polar surface area (TPSA) is 68.5 Å². The molecule has 0 aliphatic carbocycles. The predicted octanol–water partition coefficient (Wildman–Crippen LogP) is 2.64. The van der Waals surface area contributed by atoms with Crippen molar-refractivity contribution in [3.05, 3.63) is 41.5 Å². The van der Waals surface area contributed by atoms with Gasteiger partial charge in [0.05, 0.1) is 13.0 Å². The van der Waals surface area contributed by atoms with Crippen molar-refractivity contribution in [3.63, 3.8) is 0 Å². The van der Waals surface area contributed by atoms with Crippen LogP contribution in [0.5, 0.6) is 5.75 Å². The Kier molecular flexibility index (Phi) is 4.83. The molecule has 0 N–H and O–H groups in total. The summed E-state index contributed by atoms with van der Waals surface area (Å²) in [5.41, 5.74) is 1.02. The SMILES string of the molecule is COc1ccccc1Cc1noc(C2CN(C(=O)CC(C)C)C2)n1. The van der Waals surface area contributed by atoms with Crippen LogP contribution in [0.25, 0.3) is 0 Å². The molecule has 1 saturated heterocycles. The smallest absolute Gasteiger partial charge is 0.233 e. The Morgan fingerprint density at radius 1 is 1.38 bits per heavy atom. The van der Waals surface area contributed by atoms with E-state index in [9.17, 15) is 4.79 Å². The zero-order chi connectivity index (χ0) is 17.1. The van der Waals surface area contributed by atoms with E-state index in [0.717, 1.165) is 11.3 Å². The lowest BCUT2D eigenvalue weighted by molar-refractivity contribution is -0.136. The molecule has 2 heterocycles. The largest absolute Gasteiger partial charge is 0.496 e. The highest BCUT2D eigenvalue weighted by Crippen LogP contribution is 2.27. The van der Waals surface area contributed by atoms with E-state index in [0.29, 0.717) is 43.6 Å². The molecule has 0 saturated carbocycles. The quantitative estimate of drug-likeness (QED) is 0.815. The van der Waals surface area contributed by atoms with Crippen LogP contribution in [-0.2, 0) is 11.2 Å². The number of benzene rings is 1. The van der Waals surface area contributed by atoms with Crippen LogP contribution in [0.2, 0.25) is 0 Å². The number of amides is 1. The van der Waals surface area contributed by atoms with E-state index in [4.69, 9.17) is 9.26 Å². The Bertz CT molecular complexity index is 705. The Hall–Kier alpha value is -2.37. The van der Waals surface area contributed by atoms with Crippen molar-refractivity contribution in [1.29, 1.82) is 0 Å². The van der Waals surface area contributed by atoms with Crippen LogP contribution in [0, 0.1) is 5.92 Å². The fraction of sp³-hybridized carbons (Fsp3) is 0.500. The van der Waals surface area contributed by atoms with Gasteiger partial charge in [0.15, 0.2) is 5.82 Å². The zero-order valence-electron chi connectivity index (χ0n) is 14.4. The first-order valence-corrected chi connectivity index (χ1v) is 8.29. The number of nitrogens with zero attached hydrogens (tertiary/aromatic N) is 3. The summed E-state index contributed by atoms with van der Waals surface area (Å²) < 4.78 is 10.7. The number of carbonyl (C=O) groups is 1. The van der Waals surface area contributed by atoms with Gasteiger partial charge in [-0.15, -0.1) is 0 Å². The summed E-state index contributed by atoms with van der Waals surface area (Å²) in [6.45, 7) is 5.44. The molecule has 0 radical (unpaired) electrons. The van der Waals surface area contributed by atoms with Gasteiger partial charge in [0.25, 0.3) is 0 Å². The first-order valence-electron chi connectivity index (χ1n) is 8.29. The Balaban J connectivity index is 1.58. The van der Waals surface area contributed by atoms with Gasteiger partial charge in [0.1, 0.15) is 5.75 Å². The second-order valence-electron chi connectivity index (χ2n) is 6.63. The number of hydrogen-bond acceptors (Lipinski definition) is 5. The van der Waals surface area contributed by atoms with Gasteiger partial charge >= 0.3 is 0 Å².